The van der Waals surface area contributed by atoms with Crippen LogP contribution in [0.15, 0.2) is 52.0 Å². The minimum absolute atomic E-state index is 0.102. The number of hydrazone groups is 1. The first-order valence-electron chi connectivity index (χ1n) is 7.03. The molecule has 5 nitrogen and oxygen atoms in total. The summed E-state index contributed by atoms with van der Waals surface area (Å²) in [6.45, 7) is 3.65. The number of carbonyl (C=O) groups is 1. The van der Waals surface area contributed by atoms with Crippen LogP contribution < -0.4 is 15.9 Å². The van der Waals surface area contributed by atoms with Gasteiger partial charge in [-0.3, -0.25) is 4.79 Å². The van der Waals surface area contributed by atoms with Crippen molar-refractivity contribution < 1.29 is 9.53 Å². The van der Waals surface area contributed by atoms with Gasteiger partial charge in [-0.25, -0.2) is 5.43 Å². The Balaban J connectivity index is 1.89. The van der Waals surface area contributed by atoms with Gasteiger partial charge in [0.05, 0.1) is 5.71 Å². The molecule has 0 saturated carbocycles. The van der Waals surface area contributed by atoms with Crippen LogP contribution in [-0.2, 0) is 4.79 Å². The lowest BCUT2D eigenvalue weighted by atomic mass is 10.1. The van der Waals surface area contributed by atoms with Gasteiger partial charge < -0.3 is 10.5 Å². The smallest absolute Gasteiger partial charge is 0.277 e. The molecule has 3 N–H and O–H groups in total. The zero-order valence-corrected chi connectivity index (χ0v) is 14.6. The quantitative estimate of drug-likeness (QED) is 0.478. The summed E-state index contributed by atoms with van der Waals surface area (Å²) in [5.74, 6) is 0.311. The van der Waals surface area contributed by atoms with Crippen molar-refractivity contribution in [1.82, 2.24) is 5.43 Å². The molecule has 23 heavy (non-hydrogen) atoms. The number of nitrogen functional groups attached to an aromatic ring is 1. The minimum atomic E-state index is -0.325. The summed E-state index contributed by atoms with van der Waals surface area (Å²) < 4.78 is 6.44. The predicted molar refractivity (Wildman–Crippen MR) is 95.6 cm³/mol. The van der Waals surface area contributed by atoms with Crippen LogP contribution in [0.5, 0.6) is 5.75 Å². The predicted octanol–water partition coefficient (Wildman–Crippen LogP) is 3.26. The van der Waals surface area contributed by atoms with Gasteiger partial charge in [-0.1, -0.05) is 28.1 Å². The van der Waals surface area contributed by atoms with E-state index in [4.69, 9.17) is 10.5 Å². The lowest BCUT2D eigenvalue weighted by Gasteiger charge is -2.07. The second-order valence-electron chi connectivity index (χ2n) is 5.06. The number of amides is 1. The van der Waals surface area contributed by atoms with Crippen molar-refractivity contribution in [3.05, 3.63) is 58.1 Å². The van der Waals surface area contributed by atoms with E-state index < -0.39 is 0 Å². The van der Waals surface area contributed by atoms with E-state index in [0.29, 0.717) is 17.1 Å². The molecule has 0 saturated heterocycles. The van der Waals surface area contributed by atoms with Crippen molar-refractivity contribution in [3.8, 4) is 5.75 Å². The fourth-order valence-electron chi connectivity index (χ4n) is 1.86. The van der Waals surface area contributed by atoms with Gasteiger partial charge in [0, 0.05) is 10.2 Å². The number of aryl methyl sites for hydroxylation is 1. The van der Waals surface area contributed by atoms with Crippen LogP contribution in [0.1, 0.15) is 18.1 Å². The molecule has 2 aromatic rings. The third-order valence-electron chi connectivity index (χ3n) is 3.15. The molecule has 0 aliphatic heterocycles. The molecule has 1 amide bonds. The van der Waals surface area contributed by atoms with Gasteiger partial charge in [0.25, 0.3) is 5.91 Å². The molecule has 0 aromatic heterocycles. The average molecular weight is 376 g/mol. The molecule has 0 spiro atoms. The van der Waals surface area contributed by atoms with E-state index in [-0.39, 0.29) is 12.5 Å². The van der Waals surface area contributed by atoms with Gasteiger partial charge >= 0.3 is 0 Å². The Morgan fingerprint density at radius 2 is 2.09 bits per heavy atom. The number of benzene rings is 2. The summed E-state index contributed by atoms with van der Waals surface area (Å²) in [5.41, 5.74) is 11.4. The fraction of sp³-hybridized carbons (Fsp3) is 0.176. The molecule has 0 bridgehead atoms. The highest BCUT2D eigenvalue weighted by molar-refractivity contribution is 9.10. The molecule has 120 valence electrons. The van der Waals surface area contributed by atoms with Gasteiger partial charge in [0.15, 0.2) is 6.61 Å². The first-order chi connectivity index (χ1) is 11.0. The Kier molecular flexibility index (Phi) is 5.76. The molecule has 0 unspecified atom stereocenters. The maximum atomic E-state index is 11.8. The van der Waals surface area contributed by atoms with Gasteiger partial charge in [0.2, 0.25) is 0 Å². The number of rotatable bonds is 5. The summed E-state index contributed by atoms with van der Waals surface area (Å²) >= 11 is 3.42. The Morgan fingerprint density at radius 1 is 1.30 bits per heavy atom. The lowest BCUT2D eigenvalue weighted by Crippen LogP contribution is -2.25. The molecule has 2 rings (SSSR count). The molecular formula is C17H18BrN3O2. The summed E-state index contributed by atoms with van der Waals surface area (Å²) in [6, 6.07) is 12.8. The van der Waals surface area contributed by atoms with Crippen molar-refractivity contribution in [1.29, 1.82) is 0 Å². The van der Waals surface area contributed by atoms with Crippen LogP contribution in [0.25, 0.3) is 0 Å². The molecule has 2 aromatic carbocycles. The van der Waals surface area contributed by atoms with E-state index in [1.165, 1.54) is 0 Å². The molecular weight excluding hydrogens is 358 g/mol. The SMILES string of the molecule is C/C(=N\NC(=O)COc1ccc(Br)c(C)c1)c1cccc(N)c1. The van der Waals surface area contributed by atoms with Crippen molar-refractivity contribution in [2.75, 3.05) is 12.3 Å². The third kappa shape index (κ3) is 5.10. The number of ether oxygens (including phenoxy) is 1. The Morgan fingerprint density at radius 3 is 2.78 bits per heavy atom. The first-order valence-corrected chi connectivity index (χ1v) is 7.83. The van der Waals surface area contributed by atoms with Crippen LogP contribution >= 0.6 is 15.9 Å². The van der Waals surface area contributed by atoms with E-state index in [9.17, 15) is 4.79 Å². The molecule has 0 atom stereocenters. The summed E-state index contributed by atoms with van der Waals surface area (Å²) in [6.07, 6.45) is 0. The van der Waals surface area contributed by atoms with E-state index in [1.54, 1.807) is 25.1 Å². The number of nitrogens with two attached hydrogens (primary N) is 1. The van der Waals surface area contributed by atoms with Crippen LogP contribution in [-0.4, -0.2) is 18.2 Å². The second-order valence-corrected chi connectivity index (χ2v) is 5.91. The molecule has 0 radical (unpaired) electrons. The standard InChI is InChI=1S/C17H18BrN3O2/c1-11-8-15(6-7-16(11)18)23-10-17(22)21-20-12(2)13-4-3-5-14(19)9-13/h3-9H,10,19H2,1-2H3,(H,21,22)/b20-12+. The zero-order valence-electron chi connectivity index (χ0n) is 13.0. The number of hydrogen-bond acceptors (Lipinski definition) is 4. The van der Waals surface area contributed by atoms with E-state index in [2.05, 4.69) is 26.5 Å². The Hall–Kier alpha value is -2.34. The molecule has 0 fully saturated rings. The van der Waals surface area contributed by atoms with Crippen LogP contribution in [0.2, 0.25) is 0 Å². The van der Waals surface area contributed by atoms with Crippen molar-refractivity contribution in [2.45, 2.75) is 13.8 Å². The van der Waals surface area contributed by atoms with Gasteiger partial charge in [0.1, 0.15) is 5.75 Å². The van der Waals surface area contributed by atoms with E-state index >= 15 is 0 Å². The van der Waals surface area contributed by atoms with Crippen molar-refractivity contribution in [3.63, 3.8) is 0 Å². The van der Waals surface area contributed by atoms with E-state index in [0.717, 1.165) is 15.6 Å². The van der Waals surface area contributed by atoms with E-state index in [1.807, 2.05) is 31.2 Å². The normalized spacial score (nSPS) is 11.2. The van der Waals surface area contributed by atoms with Crippen molar-refractivity contribution >= 4 is 33.2 Å². The van der Waals surface area contributed by atoms with Crippen molar-refractivity contribution in [2.24, 2.45) is 5.10 Å². The minimum Gasteiger partial charge on any atom is -0.484 e. The lowest BCUT2D eigenvalue weighted by molar-refractivity contribution is -0.123. The van der Waals surface area contributed by atoms with Gasteiger partial charge in [-0.15, -0.1) is 0 Å². The second kappa shape index (κ2) is 7.78. The highest BCUT2D eigenvalue weighted by Crippen LogP contribution is 2.21. The first kappa shape index (κ1) is 17.0. The number of hydrogen-bond donors (Lipinski definition) is 2. The maximum absolute atomic E-state index is 11.8. The topological polar surface area (TPSA) is 76.7 Å². The zero-order chi connectivity index (χ0) is 16.8. The van der Waals surface area contributed by atoms with Gasteiger partial charge in [-0.2, -0.15) is 5.10 Å². The number of halogens is 1. The fourth-order valence-corrected chi connectivity index (χ4v) is 2.11. The number of nitrogens with zero attached hydrogens (tertiary/aromatic N) is 1. The maximum Gasteiger partial charge on any atom is 0.277 e. The van der Waals surface area contributed by atoms with Crippen LogP contribution in [0.4, 0.5) is 5.69 Å². The average Bonchev–Trinajstić information content (AvgIpc) is 2.53. The molecule has 0 aliphatic rings. The van der Waals surface area contributed by atoms with Gasteiger partial charge in [-0.05, 0) is 55.3 Å². The van der Waals surface area contributed by atoms with Crippen LogP contribution in [0, 0.1) is 6.92 Å². The molecule has 0 heterocycles. The summed E-state index contributed by atoms with van der Waals surface area (Å²) in [7, 11) is 0. The highest BCUT2D eigenvalue weighted by atomic mass is 79.9. The third-order valence-corrected chi connectivity index (χ3v) is 4.04. The summed E-state index contributed by atoms with van der Waals surface area (Å²) in [4.78, 5) is 11.8. The number of carbonyl (C=O) groups excluding carboxylic acids is 1. The van der Waals surface area contributed by atoms with Crippen LogP contribution in [0.3, 0.4) is 0 Å². The number of nitrogens with one attached hydrogen (secondary N) is 1. The highest BCUT2D eigenvalue weighted by Gasteiger charge is 2.04. The molecule has 6 heteroatoms. The number of anilines is 1. The monoisotopic (exact) mass is 375 g/mol. The summed E-state index contributed by atoms with van der Waals surface area (Å²) in [5, 5.41) is 4.05. The largest absolute Gasteiger partial charge is 0.484 e. The Bertz CT molecular complexity index is 744. The Labute approximate surface area is 143 Å². The molecule has 0 aliphatic carbocycles.